The van der Waals surface area contributed by atoms with E-state index in [0.717, 1.165) is 31.5 Å². The van der Waals surface area contributed by atoms with Gasteiger partial charge in [0.1, 0.15) is 5.75 Å². The van der Waals surface area contributed by atoms with E-state index in [9.17, 15) is 9.59 Å². The highest BCUT2D eigenvalue weighted by atomic mass is 16.5. The van der Waals surface area contributed by atoms with Crippen LogP contribution in [0.5, 0.6) is 5.75 Å². The first-order valence-electron chi connectivity index (χ1n) is 9.92. The number of para-hydroxylation sites is 1. The second kappa shape index (κ2) is 7.73. The highest BCUT2D eigenvalue weighted by molar-refractivity contribution is 5.97. The van der Waals surface area contributed by atoms with Crippen molar-refractivity contribution in [2.45, 2.75) is 19.8 Å². The fourth-order valence-electron chi connectivity index (χ4n) is 4.13. The van der Waals surface area contributed by atoms with Crippen molar-refractivity contribution in [3.05, 3.63) is 53.9 Å². The smallest absolute Gasteiger partial charge is 0.260 e. The molecule has 2 amide bonds. The molecule has 4 rings (SSSR count). The van der Waals surface area contributed by atoms with Crippen LogP contribution in [0.25, 0.3) is 0 Å². The monoisotopic (exact) mass is 394 g/mol. The van der Waals surface area contributed by atoms with Gasteiger partial charge in [-0.3, -0.25) is 14.6 Å². The summed E-state index contributed by atoms with van der Waals surface area (Å²) in [5, 5.41) is 0. The molecular formula is C22H26N4O3. The molecule has 2 saturated heterocycles. The van der Waals surface area contributed by atoms with E-state index >= 15 is 0 Å². The summed E-state index contributed by atoms with van der Waals surface area (Å²) in [6.07, 6.45) is 4.97. The zero-order valence-corrected chi connectivity index (χ0v) is 16.6. The van der Waals surface area contributed by atoms with E-state index in [1.165, 1.54) is 0 Å². The standard InChI is InChI=1S/C22H26N4O3/c1-16-18(11-24-12-19(16)23)21(28)26-14-22(15-26)7-9-25(10-8-22)20(27)13-29-17-5-3-2-4-6-17/h2-6,11-12H,7-10,13-15,23H2,1H3. The molecule has 3 heterocycles. The summed E-state index contributed by atoms with van der Waals surface area (Å²) in [6.45, 7) is 4.77. The number of carbonyl (C=O) groups excluding carboxylic acids is 2. The van der Waals surface area contributed by atoms with Crippen LogP contribution < -0.4 is 10.5 Å². The minimum Gasteiger partial charge on any atom is -0.484 e. The van der Waals surface area contributed by atoms with Crippen LogP contribution in [-0.4, -0.2) is 59.4 Å². The van der Waals surface area contributed by atoms with Crippen LogP contribution in [0.4, 0.5) is 5.69 Å². The third-order valence-corrected chi connectivity index (χ3v) is 6.11. The number of anilines is 1. The van der Waals surface area contributed by atoms with Crippen molar-refractivity contribution in [1.29, 1.82) is 0 Å². The number of carbonyl (C=O) groups is 2. The number of nitrogens with two attached hydrogens (primary N) is 1. The molecule has 0 unspecified atom stereocenters. The first-order valence-corrected chi connectivity index (χ1v) is 9.92. The SMILES string of the molecule is Cc1c(N)cncc1C(=O)N1CC2(CCN(C(=O)COc3ccccc3)CC2)C1. The number of amides is 2. The molecule has 7 heteroatoms. The Kier molecular flexibility index (Phi) is 5.13. The van der Waals surface area contributed by atoms with Gasteiger partial charge in [-0.15, -0.1) is 0 Å². The maximum Gasteiger partial charge on any atom is 0.260 e. The van der Waals surface area contributed by atoms with Gasteiger partial charge in [-0.2, -0.15) is 0 Å². The van der Waals surface area contributed by atoms with Gasteiger partial charge in [0.25, 0.3) is 11.8 Å². The second-order valence-corrected chi connectivity index (χ2v) is 8.05. The number of likely N-dealkylation sites (tertiary alicyclic amines) is 2. The Bertz CT molecular complexity index is 900. The Morgan fingerprint density at radius 2 is 1.79 bits per heavy atom. The molecule has 0 atom stereocenters. The minimum atomic E-state index is -0.0114. The lowest BCUT2D eigenvalue weighted by Crippen LogP contribution is -2.62. The van der Waals surface area contributed by atoms with Gasteiger partial charge in [0.15, 0.2) is 6.61 Å². The molecular weight excluding hydrogens is 368 g/mol. The van der Waals surface area contributed by atoms with Crippen LogP contribution in [0.3, 0.4) is 0 Å². The molecule has 0 saturated carbocycles. The second-order valence-electron chi connectivity index (χ2n) is 8.05. The van der Waals surface area contributed by atoms with Gasteiger partial charge in [0, 0.05) is 37.8 Å². The molecule has 0 radical (unpaired) electrons. The van der Waals surface area contributed by atoms with Gasteiger partial charge < -0.3 is 20.3 Å². The molecule has 29 heavy (non-hydrogen) atoms. The lowest BCUT2D eigenvalue weighted by Gasteiger charge is -2.54. The summed E-state index contributed by atoms with van der Waals surface area (Å²) in [5.41, 5.74) is 7.89. The van der Waals surface area contributed by atoms with E-state index < -0.39 is 0 Å². The van der Waals surface area contributed by atoms with Crippen molar-refractivity contribution in [2.24, 2.45) is 5.41 Å². The molecule has 152 valence electrons. The predicted molar refractivity (Wildman–Crippen MR) is 109 cm³/mol. The van der Waals surface area contributed by atoms with Crippen molar-refractivity contribution in [1.82, 2.24) is 14.8 Å². The minimum absolute atomic E-state index is 0.0114. The van der Waals surface area contributed by atoms with E-state index in [0.29, 0.717) is 30.1 Å². The number of hydrogen-bond donors (Lipinski definition) is 1. The molecule has 2 aliphatic heterocycles. The maximum absolute atomic E-state index is 12.8. The van der Waals surface area contributed by atoms with Crippen molar-refractivity contribution in [2.75, 3.05) is 38.5 Å². The highest BCUT2D eigenvalue weighted by Crippen LogP contribution is 2.41. The number of nitrogen functional groups attached to an aromatic ring is 1. The van der Waals surface area contributed by atoms with E-state index in [2.05, 4.69) is 4.98 Å². The first kappa shape index (κ1) is 19.2. The van der Waals surface area contributed by atoms with Gasteiger partial charge in [-0.25, -0.2) is 0 Å². The topological polar surface area (TPSA) is 88.8 Å². The summed E-state index contributed by atoms with van der Waals surface area (Å²) in [5.74, 6) is 0.703. The lowest BCUT2D eigenvalue weighted by atomic mass is 9.71. The average molecular weight is 394 g/mol. The fraction of sp³-hybridized carbons (Fsp3) is 0.409. The summed E-state index contributed by atoms with van der Waals surface area (Å²) < 4.78 is 5.57. The number of nitrogens with zero attached hydrogens (tertiary/aromatic N) is 3. The molecule has 0 bridgehead atoms. The number of pyridine rings is 1. The Hall–Kier alpha value is -3.09. The molecule has 2 fully saturated rings. The van der Waals surface area contributed by atoms with E-state index in [1.54, 1.807) is 12.4 Å². The van der Waals surface area contributed by atoms with Crippen LogP contribution in [0.15, 0.2) is 42.7 Å². The lowest BCUT2D eigenvalue weighted by molar-refractivity contribution is -0.137. The Morgan fingerprint density at radius 3 is 2.48 bits per heavy atom. The van der Waals surface area contributed by atoms with E-state index in [-0.39, 0.29) is 23.8 Å². The van der Waals surface area contributed by atoms with Crippen LogP contribution in [0.2, 0.25) is 0 Å². The van der Waals surface area contributed by atoms with Crippen molar-refractivity contribution in [3.63, 3.8) is 0 Å². The largest absolute Gasteiger partial charge is 0.484 e. The average Bonchev–Trinajstić information content (AvgIpc) is 2.72. The van der Waals surface area contributed by atoms with Gasteiger partial charge in [-0.1, -0.05) is 18.2 Å². The molecule has 2 aliphatic rings. The zero-order chi connectivity index (χ0) is 20.4. The molecule has 1 aromatic heterocycles. The Labute approximate surface area is 170 Å². The number of piperidine rings is 1. The Morgan fingerprint density at radius 1 is 1.10 bits per heavy atom. The van der Waals surface area contributed by atoms with Gasteiger partial charge >= 0.3 is 0 Å². The summed E-state index contributed by atoms with van der Waals surface area (Å²) in [4.78, 5) is 33.0. The normalized spacial score (nSPS) is 17.7. The highest BCUT2D eigenvalue weighted by Gasteiger charge is 2.47. The van der Waals surface area contributed by atoms with Crippen LogP contribution in [-0.2, 0) is 4.79 Å². The third-order valence-electron chi connectivity index (χ3n) is 6.11. The van der Waals surface area contributed by atoms with E-state index in [1.807, 2.05) is 47.1 Å². The van der Waals surface area contributed by atoms with Gasteiger partial charge in [-0.05, 0) is 37.5 Å². The zero-order valence-electron chi connectivity index (χ0n) is 16.6. The Balaban J connectivity index is 1.27. The molecule has 2 N–H and O–H groups in total. The van der Waals surface area contributed by atoms with Crippen molar-refractivity contribution in [3.8, 4) is 5.75 Å². The maximum atomic E-state index is 12.8. The quantitative estimate of drug-likeness (QED) is 0.858. The van der Waals surface area contributed by atoms with Crippen molar-refractivity contribution < 1.29 is 14.3 Å². The van der Waals surface area contributed by atoms with E-state index in [4.69, 9.17) is 10.5 Å². The molecule has 1 spiro atoms. The van der Waals surface area contributed by atoms with Crippen LogP contribution >= 0.6 is 0 Å². The summed E-state index contributed by atoms with van der Waals surface area (Å²) >= 11 is 0. The van der Waals surface area contributed by atoms with Crippen molar-refractivity contribution >= 4 is 17.5 Å². The number of rotatable bonds is 4. The van der Waals surface area contributed by atoms with Crippen LogP contribution in [0, 0.1) is 12.3 Å². The summed E-state index contributed by atoms with van der Waals surface area (Å²) in [6, 6.07) is 9.37. The molecule has 7 nitrogen and oxygen atoms in total. The van der Waals surface area contributed by atoms with Crippen LogP contribution in [0.1, 0.15) is 28.8 Å². The first-order chi connectivity index (χ1) is 14.0. The van der Waals surface area contributed by atoms with Gasteiger partial charge in [0.05, 0.1) is 17.4 Å². The number of benzene rings is 1. The third kappa shape index (κ3) is 3.90. The molecule has 1 aromatic carbocycles. The number of hydrogen-bond acceptors (Lipinski definition) is 5. The number of aromatic nitrogens is 1. The molecule has 2 aromatic rings. The molecule has 0 aliphatic carbocycles. The summed E-state index contributed by atoms with van der Waals surface area (Å²) in [7, 11) is 0. The number of ether oxygens (including phenoxy) is 1. The van der Waals surface area contributed by atoms with Gasteiger partial charge in [0.2, 0.25) is 0 Å². The predicted octanol–water partition coefficient (Wildman–Crippen LogP) is 2.12. The fourth-order valence-corrected chi connectivity index (χ4v) is 4.13.